The van der Waals surface area contributed by atoms with Crippen molar-refractivity contribution in [2.75, 3.05) is 13.4 Å². The molecule has 17 heavy (non-hydrogen) atoms. The Morgan fingerprint density at radius 1 is 1.29 bits per heavy atom. The summed E-state index contributed by atoms with van der Waals surface area (Å²) in [7, 11) is -1.72. The van der Waals surface area contributed by atoms with E-state index in [-0.39, 0.29) is 0 Å². The van der Waals surface area contributed by atoms with Gasteiger partial charge in [0, 0.05) is 19.2 Å². The highest BCUT2D eigenvalue weighted by atomic mass is 32.2. The first kappa shape index (κ1) is 12.5. The first-order chi connectivity index (χ1) is 7.86. The fraction of sp³-hybridized carbons (Fsp3) is 0.500. The van der Waals surface area contributed by atoms with Crippen molar-refractivity contribution in [1.82, 2.24) is 4.31 Å². The van der Waals surface area contributed by atoms with Gasteiger partial charge in [0.05, 0.1) is 6.26 Å². The number of methoxy groups -OCH3 is 1. The molecule has 0 aliphatic carbocycles. The van der Waals surface area contributed by atoms with Crippen LogP contribution in [0, 0.1) is 13.8 Å². The molecular weight excluding hydrogens is 238 g/mol. The van der Waals surface area contributed by atoms with Gasteiger partial charge in [0.15, 0.2) is 0 Å². The van der Waals surface area contributed by atoms with Crippen molar-refractivity contribution in [2.24, 2.45) is 0 Å². The van der Waals surface area contributed by atoms with Crippen LogP contribution in [0.25, 0.3) is 0 Å². The van der Waals surface area contributed by atoms with Crippen LogP contribution in [0.4, 0.5) is 0 Å². The van der Waals surface area contributed by atoms with Crippen molar-refractivity contribution < 1.29 is 13.2 Å². The molecule has 0 amide bonds. The maximum absolute atomic E-state index is 11.7. The molecule has 0 saturated heterocycles. The van der Waals surface area contributed by atoms with Crippen LogP contribution in [0.1, 0.15) is 28.5 Å². The van der Waals surface area contributed by atoms with Gasteiger partial charge in [-0.25, -0.2) is 8.42 Å². The molecule has 94 valence electrons. The third-order valence-corrected chi connectivity index (χ3v) is 4.45. The molecule has 1 heterocycles. The van der Waals surface area contributed by atoms with Crippen LogP contribution in [0.15, 0.2) is 12.1 Å². The number of benzene rings is 1. The van der Waals surface area contributed by atoms with Gasteiger partial charge < -0.3 is 4.74 Å². The van der Waals surface area contributed by atoms with Crippen molar-refractivity contribution in [1.29, 1.82) is 0 Å². The summed E-state index contributed by atoms with van der Waals surface area (Å²) in [5.74, 6) is 0. The number of sulfonamides is 1. The fourth-order valence-electron chi connectivity index (χ4n) is 2.35. The van der Waals surface area contributed by atoms with Gasteiger partial charge in [0.2, 0.25) is 10.0 Å². The Balaban J connectivity index is 2.60. The van der Waals surface area contributed by atoms with Gasteiger partial charge in [-0.3, -0.25) is 0 Å². The Bertz CT molecular complexity index is 551. The zero-order chi connectivity index (χ0) is 12.8. The van der Waals surface area contributed by atoms with E-state index in [1.54, 1.807) is 7.11 Å². The molecule has 2 rings (SSSR count). The van der Waals surface area contributed by atoms with E-state index in [4.69, 9.17) is 4.74 Å². The second-order valence-corrected chi connectivity index (χ2v) is 6.42. The summed E-state index contributed by atoms with van der Waals surface area (Å²) in [4.78, 5) is 0. The molecule has 0 spiro atoms. The minimum Gasteiger partial charge on any atom is -0.361 e. The summed E-state index contributed by atoms with van der Waals surface area (Å²) in [5.41, 5.74) is 4.25. The van der Waals surface area contributed by atoms with E-state index >= 15 is 0 Å². The third-order valence-electron chi connectivity index (χ3n) is 3.28. The standard InChI is InChI=1S/C12H17NO3S/c1-8-5-6-9(2)11-10(8)7-13(12(11)16-3)17(4,14)15/h5-6,12H,7H2,1-4H3. The molecule has 1 aromatic carbocycles. The third kappa shape index (κ3) is 1.99. The number of fused-ring (bicyclic) bond motifs is 1. The minimum atomic E-state index is -3.26. The first-order valence-electron chi connectivity index (χ1n) is 5.45. The first-order valence-corrected chi connectivity index (χ1v) is 7.29. The highest BCUT2D eigenvalue weighted by molar-refractivity contribution is 7.88. The molecular formula is C12H17NO3S. The van der Waals surface area contributed by atoms with Crippen molar-refractivity contribution in [2.45, 2.75) is 26.6 Å². The highest BCUT2D eigenvalue weighted by Gasteiger charge is 2.37. The van der Waals surface area contributed by atoms with Crippen molar-refractivity contribution >= 4 is 10.0 Å². The van der Waals surface area contributed by atoms with E-state index in [1.807, 2.05) is 26.0 Å². The van der Waals surface area contributed by atoms with Gasteiger partial charge in [-0.05, 0) is 30.5 Å². The van der Waals surface area contributed by atoms with Crippen LogP contribution >= 0.6 is 0 Å². The Labute approximate surface area is 102 Å². The molecule has 0 saturated carbocycles. The molecule has 4 nitrogen and oxygen atoms in total. The van der Waals surface area contributed by atoms with E-state index in [2.05, 4.69) is 0 Å². The number of nitrogens with zero attached hydrogens (tertiary/aromatic N) is 1. The number of aryl methyl sites for hydroxylation is 2. The summed E-state index contributed by atoms with van der Waals surface area (Å²) >= 11 is 0. The van der Waals surface area contributed by atoms with Crippen LogP contribution in [0.5, 0.6) is 0 Å². The Hall–Kier alpha value is -0.910. The summed E-state index contributed by atoms with van der Waals surface area (Å²) < 4.78 is 30.2. The topological polar surface area (TPSA) is 46.6 Å². The normalized spacial score (nSPS) is 20.6. The number of hydrogen-bond acceptors (Lipinski definition) is 3. The average molecular weight is 255 g/mol. The Morgan fingerprint density at radius 2 is 1.88 bits per heavy atom. The molecule has 1 atom stereocenters. The molecule has 1 aromatic rings. The van der Waals surface area contributed by atoms with E-state index in [9.17, 15) is 8.42 Å². The monoisotopic (exact) mass is 255 g/mol. The largest absolute Gasteiger partial charge is 0.361 e. The van der Waals surface area contributed by atoms with Crippen LogP contribution in [-0.4, -0.2) is 26.1 Å². The molecule has 1 aliphatic rings. The summed E-state index contributed by atoms with van der Waals surface area (Å²) in [6.45, 7) is 4.38. The van der Waals surface area contributed by atoms with Gasteiger partial charge in [-0.2, -0.15) is 4.31 Å². The molecule has 0 fully saturated rings. The average Bonchev–Trinajstić information content (AvgIpc) is 2.63. The lowest BCUT2D eigenvalue weighted by atomic mass is 9.99. The maximum Gasteiger partial charge on any atom is 0.213 e. The van der Waals surface area contributed by atoms with Gasteiger partial charge in [0.1, 0.15) is 6.23 Å². The number of hydrogen-bond donors (Lipinski definition) is 0. The smallest absolute Gasteiger partial charge is 0.213 e. The lowest BCUT2D eigenvalue weighted by Gasteiger charge is -2.21. The number of ether oxygens (including phenoxy) is 1. The van der Waals surface area contributed by atoms with E-state index in [1.165, 1.54) is 10.6 Å². The predicted molar refractivity (Wildman–Crippen MR) is 66.1 cm³/mol. The van der Waals surface area contributed by atoms with Crippen LogP contribution < -0.4 is 0 Å². The molecule has 0 radical (unpaired) electrons. The summed E-state index contributed by atoms with van der Waals surface area (Å²) in [6.07, 6.45) is 0.732. The van der Waals surface area contributed by atoms with Gasteiger partial charge >= 0.3 is 0 Å². The quantitative estimate of drug-likeness (QED) is 0.808. The summed E-state index contributed by atoms with van der Waals surface area (Å²) in [6, 6.07) is 4.03. The second kappa shape index (κ2) is 4.08. The van der Waals surface area contributed by atoms with Gasteiger partial charge in [0.25, 0.3) is 0 Å². The number of rotatable bonds is 2. The minimum absolute atomic E-state index is 0.403. The highest BCUT2D eigenvalue weighted by Crippen LogP contribution is 2.39. The van der Waals surface area contributed by atoms with Crippen LogP contribution in [0.2, 0.25) is 0 Å². The second-order valence-electron chi connectivity index (χ2n) is 4.49. The zero-order valence-corrected chi connectivity index (χ0v) is 11.3. The van der Waals surface area contributed by atoms with Crippen molar-refractivity contribution in [3.05, 3.63) is 34.4 Å². The molecule has 0 aromatic heterocycles. The van der Waals surface area contributed by atoms with Crippen LogP contribution in [-0.2, 0) is 21.3 Å². The summed E-state index contributed by atoms with van der Waals surface area (Å²) in [5, 5.41) is 0. The van der Waals surface area contributed by atoms with E-state index < -0.39 is 16.3 Å². The Morgan fingerprint density at radius 3 is 2.41 bits per heavy atom. The van der Waals surface area contributed by atoms with Crippen molar-refractivity contribution in [3.8, 4) is 0 Å². The van der Waals surface area contributed by atoms with Crippen LogP contribution in [0.3, 0.4) is 0 Å². The molecule has 0 N–H and O–H groups in total. The fourth-order valence-corrected chi connectivity index (χ4v) is 3.26. The SMILES string of the molecule is COC1c2c(C)ccc(C)c2CN1S(C)(=O)=O. The maximum atomic E-state index is 11.7. The molecule has 1 aliphatic heterocycles. The molecule has 0 bridgehead atoms. The van der Waals surface area contributed by atoms with Gasteiger partial charge in [-0.1, -0.05) is 12.1 Å². The molecule has 1 unspecified atom stereocenters. The Kier molecular flexibility index (Phi) is 3.01. The van der Waals surface area contributed by atoms with Crippen molar-refractivity contribution in [3.63, 3.8) is 0 Å². The predicted octanol–water partition coefficient (Wildman–Crippen LogP) is 1.72. The van der Waals surface area contributed by atoms with Gasteiger partial charge in [-0.15, -0.1) is 0 Å². The lowest BCUT2D eigenvalue weighted by Crippen LogP contribution is -2.29. The molecule has 5 heteroatoms. The lowest BCUT2D eigenvalue weighted by molar-refractivity contribution is 0.0242. The van der Waals surface area contributed by atoms with E-state index in [0.29, 0.717) is 6.54 Å². The van der Waals surface area contributed by atoms with E-state index in [0.717, 1.165) is 22.3 Å². The zero-order valence-electron chi connectivity index (χ0n) is 10.5.